The molecule has 2 heterocycles. The molecule has 2 aromatic heterocycles. The summed E-state index contributed by atoms with van der Waals surface area (Å²) < 4.78 is 7.53. The Balaban J connectivity index is 1.90. The zero-order chi connectivity index (χ0) is 17.7. The Morgan fingerprint density at radius 3 is 2.75 bits per heavy atom. The van der Waals surface area contributed by atoms with Gasteiger partial charge in [-0.15, -0.1) is 0 Å². The third kappa shape index (κ3) is 4.92. The molecule has 2 atom stereocenters. The van der Waals surface area contributed by atoms with Gasteiger partial charge in [0.2, 0.25) is 0 Å². The molecule has 0 aliphatic carbocycles. The van der Waals surface area contributed by atoms with E-state index in [4.69, 9.17) is 4.74 Å². The lowest BCUT2D eigenvalue weighted by atomic mass is 10.2. The van der Waals surface area contributed by atoms with Crippen molar-refractivity contribution in [2.45, 2.75) is 65.8 Å². The molecule has 2 unspecified atom stereocenters. The average Bonchev–Trinajstić information content (AvgIpc) is 3.15. The highest BCUT2D eigenvalue weighted by Gasteiger charge is 2.17. The quantitative estimate of drug-likeness (QED) is 0.777. The average molecular weight is 333 g/mol. The molecule has 0 radical (unpaired) electrons. The molecule has 0 saturated heterocycles. The number of ether oxygens (including phenoxy) is 1. The van der Waals surface area contributed by atoms with Gasteiger partial charge in [0.05, 0.1) is 30.6 Å². The molecule has 2 rings (SSSR count). The number of rotatable bonds is 8. The number of aromatic nitrogens is 4. The maximum atomic E-state index is 12.3. The third-order valence-corrected chi connectivity index (χ3v) is 3.68. The summed E-state index contributed by atoms with van der Waals surface area (Å²) in [5, 5.41) is 14.2. The van der Waals surface area contributed by atoms with E-state index < -0.39 is 0 Å². The Kier molecular flexibility index (Phi) is 6.14. The number of H-pyrrole nitrogens is 1. The predicted octanol–water partition coefficient (Wildman–Crippen LogP) is 2.47. The van der Waals surface area contributed by atoms with E-state index in [1.54, 1.807) is 6.07 Å². The van der Waals surface area contributed by atoms with Crippen LogP contribution >= 0.6 is 0 Å². The standard InChI is InChI=1S/C17H27N5O2/c1-6-14-8-18-22(10-14)9-12(4)19-17(23)16-7-15(20-21-16)13(5)24-11(2)3/h7-8,10-13H,6,9H2,1-5H3,(H,19,23)(H,20,21). The van der Waals surface area contributed by atoms with Crippen LogP contribution in [0.3, 0.4) is 0 Å². The van der Waals surface area contributed by atoms with E-state index in [1.165, 1.54) is 5.56 Å². The van der Waals surface area contributed by atoms with E-state index in [0.29, 0.717) is 12.2 Å². The van der Waals surface area contributed by atoms with Gasteiger partial charge in [0.1, 0.15) is 5.69 Å². The van der Waals surface area contributed by atoms with Crippen LogP contribution in [0.1, 0.15) is 62.5 Å². The lowest BCUT2D eigenvalue weighted by Gasteiger charge is -2.14. The summed E-state index contributed by atoms with van der Waals surface area (Å²) in [5.41, 5.74) is 2.34. The molecule has 1 amide bonds. The highest BCUT2D eigenvalue weighted by atomic mass is 16.5. The number of aromatic amines is 1. The summed E-state index contributed by atoms with van der Waals surface area (Å²) in [7, 11) is 0. The van der Waals surface area contributed by atoms with Gasteiger partial charge in [0.15, 0.2) is 0 Å². The first-order valence-electron chi connectivity index (χ1n) is 8.42. The first-order valence-corrected chi connectivity index (χ1v) is 8.42. The van der Waals surface area contributed by atoms with Crippen molar-refractivity contribution in [1.82, 2.24) is 25.3 Å². The molecule has 0 saturated carbocycles. The second-order valence-corrected chi connectivity index (χ2v) is 6.33. The normalized spacial score (nSPS) is 13.9. The van der Waals surface area contributed by atoms with Crippen LogP contribution in [-0.2, 0) is 17.7 Å². The fourth-order valence-corrected chi connectivity index (χ4v) is 2.46. The van der Waals surface area contributed by atoms with Gasteiger partial charge in [-0.05, 0) is 45.7 Å². The molecule has 0 aliphatic heterocycles. The van der Waals surface area contributed by atoms with Gasteiger partial charge in [0.25, 0.3) is 5.91 Å². The van der Waals surface area contributed by atoms with Gasteiger partial charge in [-0.1, -0.05) is 6.92 Å². The fourth-order valence-electron chi connectivity index (χ4n) is 2.46. The molecule has 0 bridgehead atoms. The molecule has 0 aromatic carbocycles. The molecule has 24 heavy (non-hydrogen) atoms. The van der Waals surface area contributed by atoms with Crippen molar-refractivity contribution in [3.63, 3.8) is 0 Å². The van der Waals surface area contributed by atoms with Crippen molar-refractivity contribution >= 4 is 5.91 Å². The maximum Gasteiger partial charge on any atom is 0.272 e. The highest BCUT2D eigenvalue weighted by molar-refractivity contribution is 5.92. The van der Waals surface area contributed by atoms with E-state index >= 15 is 0 Å². The zero-order valence-electron chi connectivity index (χ0n) is 15.0. The number of nitrogens with one attached hydrogen (secondary N) is 2. The van der Waals surface area contributed by atoms with Crippen molar-refractivity contribution in [3.05, 3.63) is 35.4 Å². The van der Waals surface area contributed by atoms with Crippen molar-refractivity contribution in [2.75, 3.05) is 0 Å². The minimum absolute atomic E-state index is 0.0495. The summed E-state index contributed by atoms with van der Waals surface area (Å²) in [4.78, 5) is 12.3. The monoisotopic (exact) mass is 333 g/mol. The van der Waals surface area contributed by atoms with Gasteiger partial charge in [-0.25, -0.2) is 0 Å². The Morgan fingerprint density at radius 2 is 2.12 bits per heavy atom. The number of amides is 1. The Hall–Kier alpha value is -2.15. The van der Waals surface area contributed by atoms with E-state index in [-0.39, 0.29) is 24.2 Å². The summed E-state index contributed by atoms with van der Waals surface area (Å²) in [6.07, 6.45) is 4.79. The van der Waals surface area contributed by atoms with Crippen molar-refractivity contribution in [1.29, 1.82) is 0 Å². The largest absolute Gasteiger partial charge is 0.370 e. The van der Waals surface area contributed by atoms with E-state index in [9.17, 15) is 4.79 Å². The molecule has 0 fully saturated rings. The van der Waals surface area contributed by atoms with Crippen LogP contribution in [0.25, 0.3) is 0 Å². The number of carbonyl (C=O) groups is 1. The third-order valence-electron chi connectivity index (χ3n) is 3.68. The number of carbonyl (C=O) groups excluding carboxylic acids is 1. The van der Waals surface area contributed by atoms with Crippen molar-refractivity contribution in [3.8, 4) is 0 Å². The van der Waals surface area contributed by atoms with Crippen molar-refractivity contribution < 1.29 is 9.53 Å². The van der Waals surface area contributed by atoms with Crippen LogP contribution in [0, 0.1) is 0 Å². The van der Waals surface area contributed by atoms with E-state index in [2.05, 4.69) is 27.5 Å². The lowest BCUT2D eigenvalue weighted by Crippen LogP contribution is -2.36. The summed E-state index contributed by atoms with van der Waals surface area (Å²) >= 11 is 0. The Bertz CT molecular complexity index is 661. The molecule has 7 heteroatoms. The van der Waals surface area contributed by atoms with Crippen LogP contribution in [0.5, 0.6) is 0 Å². The molecule has 2 N–H and O–H groups in total. The number of aryl methyl sites for hydroxylation is 1. The molecule has 0 spiro atoms. The summed E-state index contributed by atoms with van der Waals surface area (Å²) in [6, 6.07) is 1.68. The zero-order valence-corrected chi connectivity index (χ0v) is 15.0. The number of hydrogen-bond acceptors (Lipinski definition) is 4. The van der Waals surface area contributed by atoms with E-state index in [1.807, 2.05) is 44.8 Å². The SMILES string of the molecule is CCc1cnn(CC(C)NC(=O)c2cc(C(C)OC(C)C)[nH]n2)c1. The molecule has 7 nitrogen and oxygen atoms in total. The minimum atomic E-state index is -0.204. The van der Waals surface area contributed by atoms with E-state index in [0.717, 1.165) is 12.1 Å². The first-order chi connectivity index (χ1) is 11.4. The molecule has 132 valence electrons. The first kappa shape index (κ1) is 18.2. The van der Waals surface area contributed by atoms with Crippen LogP contribution < -0.4 is 5.32 Å². The number of nitrogens with zero attached hydrogens (tertiary/aromatic N) is 3. The lowest BCUT2D eigenvalue weighted by molar-refractivity contribution is 0.0154. The minimum Gasteiger partial charge on any atom is -0.370 e. The van der Waals surface area contributed by atoms with Gasteiger partial charge < -0.3 is 10.1 Å². The maximum absolute atomic E-state index is 12.3. The van der Waals surface area contributed by atoms with Crippen LogP contribution in [0.4, 0.5) is 0 Å². The Labute approximate surface area is 142 Å². The van der Waals surface area contributed by atoms with Gasteiger partial charge in [-0.3, -0.25) is 14.6 Å². The highest BCUT2D eigenvalue weighted by Crippen LogP contribution is 2.17. The van der Waals surface area contributed by atoms with Crippen LogP contribution in [-0.4, -0.2) is 38.0 Å². The van der Waals surface area contributed by atoms with Gasteiger partial charge in [0, 0.05) is 12.2 Å². The molecule has 2 aromatic rings. The molecular weight excluding hydrogens is 306 g/mol. The Morgan fingerprint density at radius 1 is 1.38 bits per heavy atom. The van der Waals surface area contributed by atoms with Gasteiger partial charge >= 0.3 is 0 Å². The van der Waals surface area contributed by atoms with Gasteiger partial charge in [-0.2, -0.15) is 10.2 Å². The van der Waals surface area contributed by atoms with Crippen LogP contribution in [0.2, 0.25) is 0 Å². The smallest absolute Gasteiger partial charge is 0.272 e. The number of hydrogen-bond donors (Lipinski definition) is 2. The van der Waals surface area contributed by atoms with Crippen molar-refractivity contribution in [2.24, 2.45) is 0 Å². The molecule has 0 aliphatic rings. The second kappa shape index (κ2) is 8.10. The predicted molar refractivity (Wildman–Crippen MR) is 91.8 cm³/mol. The fraction of sp³-hybridized carbons (Fsp3) is 0.588. The topological polar surface area (TPSA) is 84.8 Å². The summed E-state index contributed by atoms with van der Waals surface area (Å²) in [6.45, 7) is 10.5. The molecular formula is C17H27N5O2. The van der Waals surface area contributed by atoms with Crippen LogP contribution in [0.15, 0.2) is 18.5 Å². The summed E-state index contributed by atoms with van der Waals surface area (Å²) in [5.74, 6) is -0.204. The second-order valence-electron chi connectivity index (χ2n) is 6.33.